The molecule has 0 saturated heterocycles. The smallest absolute Gasteiger partial charge is 0.122 e. The number of aromatic nitrogens is 1. The molecule has 2 aromatic rings. The largest absolute Gasteiger partial charge is 0.497 e. The Hall–Kier alpha value is -1.91. The summed E-state index contributed by atoms with van der Waals surface area (Å²) < 4.78 is 5.24. The van der Waals surface area contributed by atoms with Gasteiger partial charge < -0.3 is 15.2 Å². The number of aliphatic hydroxyl groups excluding tert-OH is 1. The molecule has 2 rings (SSSR count). The summed E-state index contributed by atoms with van der Waals surface area (Å²) >= 11 is 0. The summed E-state index contributed by atoms with van der Waals surface area (Å²) in [5.74, 6) is 0.801. The van der Waals surface area contributed by atoms with Crippen LogP contribution in [-0.2, 0) is 6.54 Å². The van der Waals surface area contributed by atoms with Crippen LogP contribution >= 0.6 is 0 Å². The lowest BCUT2D eigenvalue weighted by molar-refractivity contribution is 0.243. The van der Waals surface area contributed by atoms with E-state index < -0.39 is 0 Å². The summed E-state index contributed by atoms with van der Waals surface area (Å²) in [5, 5.41) is 12.8. The van der Waals surface area contributed by atoms with Crippen LogP contribution in [0.5, 0.6) is 5.75 Å². The van der Waals surface area contributed by atoms with Gasteiger partial charge in [-0.3, -0.25) is 4.98 Å². The number of ether oxygens (including phenoxy) is 1. The van der Waals surface area contributed by atoms with Gasteiger partial charge in [0.15, 0.2) is 0 Å². The van der Waals surface area contributed by atoms with Gasteiger partial charge >= 0.3 is 0 Å². The van der Waals surface area contributed by atoms with Crippen LogP contribution in [0.3, 0.4) is 0 Å². The van der Waals surface area contributed by atoms with Crippen LogP contribution in [0.1, 0.15) is 23.0 Å². The van der Waals surface area contributed by atoms with E-state index in [9.17, 15) is 5.11 Å². The highest BCUT2D eigenvalue weighted by molar-refractivity contribution is 5.27. The molecule has 2 N–H and O–H groups in total. The summed E-state index contributed by atoms with van der Waals surface area (Å²) in [6, 6.07) is 13.6. The van der Waals surface area contributed by atoms with Crippen molar-refractivity contribution in [1.82, 2.24) is 10.3 Å². The van der Waals surface area contributed by atoms with Gasteiger partial charge in [-0.05, 0) is 12.5 Å². The van der Waals surface area contributed by atoms with Gasteiger partial charge in [-0.25, -0.2) is 0 Å². The Morgan fingerprint density at radius 2 is 2.00 bits per heavy atom. The number of rotatable bonds is 6. The standard InChI is InChI=1S/C16H20N2O2/c1-12-8-15(20-2)9-14(18-12)10-17-16(11-19)13-6-4-3-5-7-13/h3-9,16-17,19H,10-11H2,1-2H3. The molecule has 0 radical (unpaired) electrons. The summed E-state index contributed by atoms with van der Waals surface area (Å²) in [4.78, 5) is 4.46. The average Bonchev–Trinajstić information content (AvgIpc) is 2.48. The Kier molecular flexibility index (Phi) is 5.09. The molecule has 0 aliphatic carbocycles. The van der Waals surface area contributed by atoms with Crippen molar-refractivity contribution < 1.29 is 9.84 Å². The fraction of sp³-hybridized carbons (Fsp3) is 0.312. The third-order valence-electron chi connectivity index (χ3n) is 3.13. The molecule has 0 amide bonds. The number of hydrogen-bond acceptors (Lipinski definition) is 4. The second kappa shape index (κ2) is 7.03. The number of methoxy groups -OCH3 is 1. The van der Waals surface area contributed by atoms with Crippen molar-refractivity contribution >= 4 is 0 Å². The number of pyridine rings is 1. The Balaban J connectivity index is 2.05. The molecule has 1 unspecified atom stereocenters. The second-order valence-electron chi connectivity index (χ2n) is 4.67. The van der Waals surface area contributed by atoms with Gasteiger partial charge in [0, 0.05) is 24.4 Å². The number of nitrogens with one attached hydrogen (secondary N) is 1. The fourth-order valence-electron chi connectivity index (χ4n) is 2.11. The normalized spacial score (nSPS) is 12.2. The topological polar surface area (TPSA) is 54.4 Å². The molecule has 0 bridgehead atoms. The number of aryl methyl sites for hydroxylation is 1. The minimum absolute atomic E-state index is 0.0486. The van der Waals surface area contributed by atoms with Crippen LogP contribution in [0.25, 0.3) is 0 Å². The molecule has 0 spiro atoms. The molecule has 0 aliphatic rings. The average molecular weight is 272 g/mol. The highest BCUT2D eigenvalue weighted by Crippen LogP contribution is 2.15. The van der Waals surface area contributed by atoms with E-state index in [-0.39, 0.29) is 12.6 Å². The Labute approximate surface area is 119 Å². The first kappa shape index (κ1) is 14.5. The van der Waals surface area contributed by atoms with Gasteiger partial charge in [0.1, 0.15) is 5.75 Å². The predicted molar refractivity (Wildman–Crippen MR) is 78.6 cm³/mol. The minimum Gasteiger partial charge on any atom is -0.497 e. The Bertz CT molecular complexity index is 543. The van der Waals surface area contributed by atoms with E-state index in [0.29, 0.717) is 6.54 Å². The van der Waals surface area contributed by atoms with Crippen LogP contribution in [0.4, 0.5) is 0 Å². The van der Waals surface area contributed by atoms with E-state index in [1.807, 2.05) is 49.4 Å². The molecule has 1 atom stereocenters. The molecule has 1 aromatic heterocycles. The third-order valence-corrected chi connectivity index (χ3v) is 3.13. The molecular formula is C16H20N2O2. The summed E-state index contributed by atoms with van der Waals surface area (Å²) in [5.41, 5.74) is 2.88. The van der Waals surface area contributed by atoms with Gasteiger partial charge in [0.2, 0.25) is 0 Å². The van der Waals surface area contributed by atoms with Crippen LogP contribution in [0.15, 0.2) is 42.5 Å². The van der Waals surface area contributed by atoms with Gasteiger partial charge in [-0.2, -0.15) is 0 Å². The molecule has 106 valence electrons. The van der Waals surface area contributed by atoms with E-state index in [0.717, 1.165) is 22.7 Å². The third kappa shape index (κ3) is 3.79. The maximum atomic E-state index is 9.51. The van der Waals surface area contributed by atoms with Crippen molar-refractivity contribution in [2.45, 2.75) is 19.5 Å². The predicted octanol–water partition coefficient (Wildman–Crippen LogP) is 2.22. The summed E-state index contributed by atoms with van der Waals surface area (Å²) in [6.07, 6.45) is 0. The quantitative estimate of drug-likeness (QED) is 0.846. The monoisotopic (exact) mass is 272 g/mol. The SMILES string of the molecule is COc1cc(C)nc(CNC(CO)c2ccccc2)c1. The van der Waals surface area contributed by atoms with Crippen molar-refractivity contribution in [3.63, 3.8) is 0 Å². The number of hydrogen-bond donors (Lipinski definition) is 2. The van der Waals surface area contributed by atoms with Crippen LogP contribution in [-0.4, -0.2) is 23.8 Å². The number of aliphatic hydroxyl groups is 1. The lowest BCUT2D eigenvalue weighted by Crippen LogP contribution is -2.24. The van der Waals surface area contributed by atoms with E-state index in [2.05, 4.69) is 10.3 Å². The lowest BCUT2D eigenvalue weighted by atomic mass is 10.1. The van der Waals surface area contributed by atoms with E-state index >= 15 is 0 Å². The van der Waals surface area contributed by atoms with Gasteiger partial charge in [0.05, 0.1) is 25.5 Å². The number of benzene rings is 1. The first-order chi connectivity index (χ1) is 9.72. The highest BCUT2D eigenvalue weighted by Gasteiger charge is 2.10. The first-order valence-electron chi connectivity index (χ1n) is 6.63. The molecule has 4 nitrogen and oxygen atoms in total. The van der Waals surface area contributed by atoms with Crippen LogP contribution in [0.2, 0.25) is 0 Å². The molecule has 4 heteroatoms. The van der Waals surface area contributed by atoms with Crippen molar-refractivity contribution in [3.05, 3.63) is 59.4 Å². The maximum Gasteiger partial charge on any atom is 0.122 e. The van der Waals surface area contributed by atoms with Gasteiger partial charge in [-0.1, -0.05) is 30.3 Å². The lowest BCUT2D eigenvalue weighted by Gasteiger charge is -2.16. The van der Waals surface area contributed by atoms with Crippen molar-refractivity contribution in [2.24, 2.45) is 0 Å². The maximum absolute atomic E-state index is 9.51. The Morgan fingerprint density at radius 3 is 2.65 bits per heavy atom. The summed E-state index contributed by atoms with van der Waals surface area (Å²) in [7, 11) is 1.65. The molecule has 0 fully saturated rings. The highest BCUT2D eigenvalue weighted by atomic mass is 16.5. The van der Waals surface area contributed by atoms with Crippen LogP contribution in [0, 0.1) is 6.92 Å². The van der Waals surface area contributed by atoms with E-state index in [4.69, 9.17) is 4.74 Å². The van der Waals surface area contributed by atoms with E-state index in [1.54, 1.807) is 7.11 Å². The second-order valence-corrected chi connectivity index (χ2v) is 4.67. The van der Waals surface area contributed by atoms with Crippen molar-refractivity contribution in [2.75, 3.05) is 13.7 Å². The fourth-order valence-corrected chi connectivity index (χ4v) is 2.11. The molecule has 0 aliphatic heterocycles. The van der Waals surface area contributed by atoms with Crippen LogP contribution < -0.4 is 10.1 Å². The van der Waals surface area contributed by atoms with Crippen molar-refractivity contribution in [3.8, 4) is 5.75 Å². The summed E-state index contributed by atoms with van der Waals surface area (Å²) in [6.45, 7) is 2.57. The zero-order valence-corrected chi connectivity index (χ0v) is 11.8. The first-order valence-corrected chi connectivity index (χ1v) is 6.63. The zero-order valence-electron chi connectivity index (χ0n) is 11.8. The van der Waals surface area contributed by atoms with Gasteiger partial charge in [0.25, 0.3) is 0 Å². The zero-order chi connectivity index (χ0) is 14.4. The van der Waals surface area contributed by atoms with Gasteiger partial charge in [-0.15, -0.1) is 0 Å². The molecule has 1 heterocycles. The molecule has 20 heavy (non-hydrogen) atoms. The minimum atomic E-state index is -0.0930. The van der Waals surface area contributed by atoms with Crippen molar-refractivity contribution in [1.29, 1.82) is 0 Å². The van der Waals surface area contributed by atoms with E-state index in [1.165, 1.54) is 0 Å². The molecule has 0 saturated carbocycles. The molecule has 1 aromatic carbocycles. The molecular weight excluding hydrogens is 252 g/mol. The number of nitrogens with zero attached hydrogens (tertiary/aromatic N) is 1. The Morgan fingerprint density at radius 1 is 1.25 bits per heavy atom.